The van der Waals surface area contributed by atoms with Gasteiger partial charge in [0.05, 0.1) is 5.69 Å². The predicted octanol–water partition coefficient (Wildman–Crippen LogP) is 3.61. The van der Waals surface area contributed by atoms with Crippen LogP contribution in [0.15, 0.2) is 29.6 Å². The number of nitrogens with one attached hydrogen (secondary N) is 1. The normalized spacial score (nSPS) is 12.4. The number of hydrogen-bond donors (Lipinski definition) is 2. The summed E-state index contributed by atoms with van der Waals surface area (Å²) in [6, 6.07) is 8.60. The summed E-state index contributed by atoms with van der Waals surface area (Å²) in [7, 11) is 0. The van der Waals surface area contributed by atoms with Gasteiger partial charge in [-0.25, -0.2) is 10.8 Å². The molecule has 3 N–H and O–H groups in total. The van der Waals surface area contributed by atoms with Crippen molar-refractivity contribution in [2.45, 2.75) is 26.2 Å². The largest absolute Gasteiger partial charge is 0.300 e. The summed E-state index contributed by atoms with van der Waals surface area (Å²) in [5.41, 5.74) is 6.05. The Morgan fingerprint density at radius 2 is 2.06 bits per heavy atom. The van der Waals surface area contributed by atoms with Crippen LogP contribution in [-0.4, -0.2) is 4.98 Å². The van der Waals surface area contributed by atoms with E-state index in [0.29, 0.717) is 5.92 Å². The van der Waals surface area contributed by atoms with Gasteiger partial charge in [0.2, 0.25) is 0 Å². The fraction of sp³-hybridized carbons (Fsp3) is 0.308. The van der Waals surface area contributed by atoms with E-state index in [9.17, 15) is 0 Å². The third-order valence-electron chi connectivity index (χ3n) is 3.02. The molecular formula is C13H17N3S. The maximum Gasteiger partial charge on any atom is 0.197 e. The number of rotatable bonds is 4. The van der Waals surface area contributed by atoms with Crippen LogP contribution < -0.4 is 11.3 Å². The first-order valence-electron chi connectivity index (χ1n) is 5.77. The van der Waals surface area contributed by atoms with E-state index in [1.807, 2.05) is 5.38 Å². The number of nitrogens with zero attached hydrogens (tertiary/aromatic N) is 1. The van der Waals surface area contributed by atoms with Crippen LogP contribution in [0.3, 0.4) is 0 Å². The minimum atomic E-state index is 0.612. The van der Waals surface area contributed by atoms with Gasteiger partial charge in [-0.2, -0.15) is 0 Å². The molecule has 0 radical (unpaired) electrons. The molecule has 3 nitrogen and oxygen atoms in total. The average Bonchev–Trinajstić information content (AvgIpc) is 2.87. The first-order valence-corrected chi connectivity index (χ1v) is 6.65. The van der Waals surface area contributed by atoms with E-state index in [2.05, 4.69) is 48.5 Å². The second kappa shape index (κ2) is 5.29. The standard InChI is InChI=1S/C13H17N3S/c1-3-9(2)10-4-6-11(7-5-10)12-8-17-13(15-12)16-14/h4-9H,3,14H2,1-2H3,(H,15,16). The summed E-state index contributed by atoms with van der Waals surface area (Å²) in [5.74, 6) is 5.93. The molecule has 4 heteroatoms. The van der Waals surface area contributed by atoms with Gasteiger partial charge in [0.25, 0.3) is 0 Å². The Labute approximate surface area is 106 Å². The molecule has 17 heavy (non-hydrogen) atoms. The van der Waals surface area contributed by atoms with Crippen molar-refractivity contribution in [3.63, 3.8) is 0 Å². The first-order chi connectivity index (χ1) is 8.24. The highest BCUT2D eigenvalue weighted by Gasteiger charge is 2.06. The van der Waals surface area contributed by atoms with E-state index in [-0.39, 0.29) is 0 Å². The van der Waals surface area contributed by atoms with Gasteiger partial charge in [-0.1, -0.05) is 38.1 Å². The highest BCUT2D eigenvalue weighted by Crippen LogP contribution is 2.26. The van der Waals surface area contributed by atoms with Gasteiger partial charge >= 0.3 is 0 Å². The minimum Gasteiger partial charge on any atom is -0.300 e. The molecule has 1 atom stereocenters. The highest BCUT2D eigenvalue weighted by atomic mass is 32.1. The minimum absolute atomic E-state index is 0.612. The zero-order chi connectivity index (χ0) is 12.3. The smallest absolute Gasteiger partial charge is 0.197 e. The second-order valence-corrected chi connectivity index (χ2v) is 4.97. The molecule has 1 unspecified atom stereocenters. The molecular weight excluding hydrogens is 230 g/mol. The quantitative estimate of drug-likeness (QED) is 0.641. The van der Waals surface area contributed by atoms with Crippen LogP contribution in [0.5, 0.6) is 0 Å². The second-order valence-electron chi connectivity index (χ2n) is 4.11. The van der Waals surface area contributed by atoms with Crippen molar-refractivity contribution in [2.24, 2.45) is 5.84 Å². The highest BCUT2D eigenvalue weighted by molar-refractivity contribution is 7.14. The summed E-state index contributed by atoms with van der Waals surface area (Å²) < 4.78 is 0. The zero-order valence-corrected chi connectivity index (χ0v) is 10.9. The van der Waals surface area contributed by atoms with Crippen LogP contribution in [0.1, 0.15) is 31.7 Å². The Kier molecular flexibility index (Phi) is 3.76. The maximum atomic E-state index is 5.32. The van der Waals surface area contributed by atoms with Gasteiger partial charge in [0, 0.05) is 10.9 Å². The number of hydrogen-bond acceptors (Lipinski definition) is 4. The molecule has 0 bridgehead atoms. The Hall–Kier alpha value is -1.39. The third kappa shape index (κ3) is 2.65. The Balaban J connectivity index is 2.22. The fourth-order valence-electron chi connectivity index (χ4n) is 1.69. The summed E-state index contributed by atoms with van der Waals surface area (Å²) in [6.45, 7) is 4.45. The van der Waals surface area contributed by atoms with Gasteiger partial charge in [0.15, 0.2) is 5.13 Å². The van der Waals surface area contributed by atoms with Crippen LogP contribution in [0.25, 0.3) is 11.3 Å². The lowest BCUT2D eigenvalue weighted by Crippen LogP contribution is -2.05. The molecule has 1 aromatic heterocycles. The molecule has 0 amide bonds. The molecule has 1 heterocycles. The molecule has 0 spiro atoms. The van der Waals surface area contributed by atoms with Gasteiger partial charge < -0.3 is 0 Å². The van der Waals surface area contributed by atoms with Gasteiger partial charge in [0.1, 0.15) is 0 Å². The topological polar surface area (TPSA) is 50.9 Å². The van der Waals surface area contributed by atoms with Crippen LogP contribution >= 0.6 is 11.3 Å². The van der Waals surface area contributed by atoms with E-state index < -0.39 is 0 Å². The number of thiazole rings is 1. The van der Waals surface area contributed by atoms with Gasteiger partial charge in [-0.15, -0.1) is 11.3 Å². The zero-order valence-electron chi connectivity index (χ0n) is 10.1. The molecule has 90 valence electrons. The molecule has 0 aliphatic heterocycles. The van der Waals surface area contributed by atoms with Crippen molar-refractivity contribution in [3.05, 3.63) is 35.2 Å². The van der Waals surface area contributed by atoms with E-state index >= 15 is 0 Å². The molecule has 0 aliphatic rings. The lowest BCUT2D eigenvalue weighted by Gasteiger charge is -2.08. The number of hydrazine groups is 1. The van der Waals surface area contributed by atoms with E-state index in [0.717, 1.165) is 22.8 Å². The van der Waals surface area contributed by atoms with Crippen molar-refractivity contribution >= 4 is 16.5 Å². The van der Waals surface area contributed by atoms with Gasteiger partial charge in [-0.3, -0.25) is 5.43 Å². The summed E-state index contributed by atoms with van der Waals surface area (Å²) >= 11 is 1.51. The molecule has 0 aliphatic carbocycles. The lowest BCUT2D eigenvalue weighted by atomic mass is 9.97. The molecule has 0 saturated heterocycles. The Morgan fingerprint density at radius 1 is 1.35 bits per heavy atom. The van der Waals surface area contributed by atoms with Crippen LogP contribution in [0, 0.1) is 0 Å². The van der Waals surface area contributed by atoms with E-state index in [4.69, 9.17) is 5.84 Å². The summed E-state index contributed by atoms with van der Waals surface area (Å²) in [4.78, 5) is 4.38. The molecule has 1 aromatic carbocycles. The molecule has 0 fully saturated rings. The molecule has 0 saturated carbocycles. The number of nitrogens with two attached hydrogens (primary N) is 1. The lowest BCUT2D eigenvalue weighted by molar-refractivity contribution is 0.734. The predicted molar refractivity (Wildman–Crippen MR) is 74.1 cm³/mol. The van der Waals surface area contributed by atoms with Crippen molar-refractivity contribution in [1.82, 2.24) is 4.98 Å². The summed E-state index contributed by atoms with van der Waals surface area (Å²) in [5, 5.41) is 2.75. The van der Waals surface area contributed by atoms with Crippen molar-refractivity contribution in [2.75, 3.05) is 5.43 Å². The monoisotopic (exact) mass is 247 g/mol. The van der Waals surface area contributed by atoms with E-state index in [1.54, 1.807) is 0 Å². The van der Waals surface area contributed by atoms with E-state index in [1.165, 1.54) is 16.9 Å². The average molecular weight is 247 g/mol. The number of anilines is 1. The molecule has 2 aromatic rings. The van der Waals surface area contributed by atoms with Gasteiger partial charge in [-0.05, 0) is 17.9 Å². The third-order valence-corrected chi connectivity index (χ3v) is 3.79. The fourth-order valence-corrected chi connectivity index (χ4v) is 2.32. The van der Waals surface area contributed by atoms with Crippen LogP contribution in [0.2, 0.25) is 0 Å². The van der Waals surface area contributed by atoms with Crippen LogP contribution in [0.4, 0.5) is 5.13 Å². The first kappa shape index (κ1) is 12.1. The SMILES string of the molecule is CCC(C)c1ccc(-c2csc(NN)n2)cc1. The maximum absolute atomic E-state index is 5.32. The van der Waals surface area contributed by atoms with Crippen LogP contribution in [-0.2, 0) is 0 Å². The number of nitrogen functional groups attached to an aromatic ring is 1. The Morgan fingerprint density at radius 3 is 2.59 bits per heavy atom. The Bertz CT molecular complexity index is 476. The summed E-state index contributed by atoms with van der Waals surface area (Å²) in [6.07, 6.45) is 1.16. The van der Waals surface area contributed by atoms with Crippen molar-refractivity contribution < 1.29 is 0 Å². The van der Waals surface area contributed by atoms with Crippen molar-refractivity contribution in [3.8, 4) is 11.3 Å². The van der Waals surface area contributed by atoms with Crippen molar-refractivity contribution in [1.29, 1.82) is 0 Å². The number of aromatic nitrogens is 1. The molecule has 2 rings (SSSR count). The number of benzene rings is 1.